The molecule has 0 aliphatic carbocycles. The van der Waals surface area contributed by atoms with Crippen LogP contribution in [0.1, 0.15) is 61.8 Å². The van der Waals surface area contributed by atoms with E-state index < -0.39 is 6.29 Å². The van der Waals surface area contributed by atoms with Gasteiger partial charge in [-0.1, -0.05) is 90.6 Å². The number of ether oxygens (including phenoxy) is 2. The zero-order chi connectivity index (χ0) is 32.3. The van der Waals surface area contributed by atoms with Gasteiger partial charge in [-0.25, -0.2) is 0 Å². The van der Waals surface area contributed by atoms with Crippen molar-refractivity contribution in [2.45, 2.75) is 43.1 Å². The number of amides is 2. The maximum absolute atomic E-state index is 12.9. The van der Waals surface area contributed by atoms with Crippen LogP contribution in [0.2, 0.25) is 0 Å². The molecule has 1 aromatic heterocycles. The molecule has 4 aromatic carbocycles. The number of pyridine rings is 1. The fourth-order valence-corrected chi connectivity index (χ4v) is 6.91. The van der Waals surface area contributed by atoms with Gasteiger partial charge in [0.25, 0.3) is 16.8 Å². The van der Waals surface area contributed by atoms with Gasteiger partial charge in [-0.3, -0.25) is 14.5 Å². The number of carbonyl (C=O) groups excluding carboxylic acids is 2. The first-order chi connectivity index (χ1) is 23.0. The molecule has 3 heterocycles. The molecule has 2 amide bonds. The summed E-state index contributed by atoms with van der Waals surface area (Å²) in [7, 11) is 0. The van der Waals surface area contributed by atoms with E-state index in [0.717, 1.165) is 38.1 Å². The van der Waals surface area contributed by atoms with E-state index >= 15 is 0 Å². The lowest BCUT2D eigenvalue weighted by atomic mass is 9.99. The Morgan fingerprint density at radius 3 is 2.17 bits per heavy atom. The van der Waals surface area contributed by atoms with Crippen molar-refractivity contribution < 1.29 is 28.9 Å². The maximum atomic E-state index is 12.9. The van der Waals surface area contributed by atoms with Crippen molar-refractivity contribution in [3.63, 3.8) is 0 Å². The zero-order valence-electron chi connectivity index (χ0n) is 25.4. The molecule has 0 spiro atoms. The van der Waals surface area contributed by atoms with Crippen molar-refractivity contribution in [1.29, 1.82) is 0 Å². The van der Waals surface area contributed by atoms with Crippen LogP contribution < -0.4 is 4.73 Å². The van der Waals surface area contributed by atoms with Crippen LogP contribution in [0.5, 0.6) is 0 Å². The second-order valence-electron chi connectivity index (χ2n) is 11.6. The first-order valence-corrected chi connectivity index (χ1v) is 16.4. The normalized spacial score (nSPS) is 19.2. The molecule has 0 radical (unpaired) electrons. The summed E-state index contributed by atoms with van der Waals surface area (Å²) in [6.45, 7) is 0.165. The largest absolute Gasteiger partial charge is 0.618 e. The Labute approximate surface area is 276 Å². The predicted molar refractivity (Wildman–Crippen MR) is 177 cm³/mol. The molecule has 0 saturated carbocycles. The summed E-state index contributed by atoms with van der Waals surface area (Å²) in [5, 5.41) is 22.3. The van der Waals surface area contributed by atoms with Gasteiger partial charge in [0, 0.05) is 29.9 Å². The van der Waals surface area contributed by atoms with Crippen LogP contribution in [0.4, 0.5) is 0 Å². The number of rotatable bonds is 9. The lowest BCUT2D eigenvalue weighted by molar-refractivity contribution is -0.645. The minimum Gasteiger partial charge on any atom is -0.618 e. The topological polar surface area (TPSA) is 103 Å². The summed E-state index contributed by atoms with van der Waals surface area (Å²) < 4.78 is 13.8. The first kappa shape index (κ1) is 30.8. The van der Waals surface area contributed by atoms with E-state index in [1.165, 1.54) is 22.9 Å². The summed E-state index contributed by atoms with van der Waals surface area (Å²) in [5.74, 6) is 0.0290. The third-order valence-corrected chi connectivity index (χ3v) is 9.63. The number of hydrogen-bond acceptors (Lipinski definition) is 7. The number of aliphatic hydroxyl groups excluding tert-OH is 1. The third kappa shape index (κ3) is 6.57. The number of fused-ring (bicyclic) bond motifs is 1. The first-order valence-electron chi connectivity index (χ1n) is 15.4. The van der Waals surface area contributed by atoms with Gasteiger partial charge in [-0.2, -0.15) is 4.73 Å². The van der Waals surface area contributed by atoms with Gasteiger partial charge in [0.1, 0.15) is 0 Å². The lowest BCUT2D eigenvalue weighted by Crippen LogP contribution is -2.32. The number of benzene rings is 4. The number of aromatic nitrogens is 1. The third-order valence-electron chi connectivity index (χ3n) is 8.48. The van der Waals surface area contributed by atoms with Gasteiger partial charge < -0.3 is 19.8 Å². The summed E-state index contributed by atoms with van der Waals surface area (Å²) >= 11 is 1.45. The molecule has 3 unspecified atom stereocenters. The van der Waals surface area contributed by atoms with E-state index in [-0.39, 0.29) is 37.2 Å². The van der Waals surface area contributed by atoms with Crippen LogP contribution in [0.15, 0.2) is 126 Å². The summed E-state index contributed by atoms with van der Waals surface area (Å²) in [6, 6.07) is 35.8. The molecule has 1 N–H and O–H groups in total. The minimum absolute atomic E-state index is 0.0267. The molecule has 8 nitrogen and oxygen atoms in total. The highest BCUT2D eigenvalue weighted by Crippen LogP contribution is 2.40. The lowest BCUT2D eigenvalue weighted by Gasteiger charge is -2.36. The maximum Gasteiger partial charge on any atom is 0.261 e. The molecular formula is C38H32N2O6S. The Morgan fingerprint density at radius 1 is 0.766 bits per heavy atom. The molecule has 2 aliphatic rings. The van der Waals surface area contributed by atoms with Crippen LogP contribution in [0.25, 0.3) is 11.1 Å². The van der Waals surface area contributed by atoms with Crippen molar-refractivity contribution in [2.24, 2.45) is 0 Å². The second-order valence-corrected chi connectivity index (χ2v) is 12.6. The molecule has 2 aliphatic heterocycles. The van der Waals surface area contributed by atoms with Crippen LogP contribution >= 0.6 is 11.8 Å². The van der Waals surface area contributed by atoms with Crippen LogP contribution in [0.3, 0.4) is 0 Å². The van der Waals surface area contributed by atoms with E-state index in [2.05, 4.69) is 0 Å². The standard InChI is InChI=1S/C38H32N2O6S/c41-23-25-11-13-28(14-12-25)34-21-31(24-47-35-10-3-4-19-40(35)44)45-38(46-34)29-17-15-27(16-18-29)30-7-5-6-26(20-30)22-39-36(42)32-8-1-2-9-33(32)37(39)43/h1-20,31,34,38,41H,21-24H2. The molecule has 5 aromatic rings. The number of carbonyl (C=O) groups is 2. The molecule has 0 bridgehead atoms. The van der Waals surface area contributed by atoms with Crippen molar-refractivity contribution in [3.8, 4) is 11.1 Å². The van der Waals surface area contributed by atoms with Gasteiger partial charge in [0.2, 0.25) is 0 Å². The highest BCUT2D eigenvalue weighted by atomic mass is 32.2. The minimum atomic E-state index is -0.624. The SMILES string of the molecule is O=C1c2ccccc2C(=O)N1Cc1cccc(-c2ccc(C3OC(CSc4cccc[n+]4[O-])CC(c4ccc(CO)cc4)O3)cc2)c1. The summed E-state index contributed by atoms with van der Waals surface area (Å²) in [6.07, 6.45) is 1.07. The zero-order valence-corrected chi connectivity index (χ0v) is 26.2. The Bertz CT molecular complexity index is 1880. The molecule has 47 heavy (non-hydrogen) atoms. The highest BCUT2D eigenvalue weighted by molar-refractivity contribution is 7.99. The Balaban J connectivity index is 1.08. The molecule has 1 fully saturated rings. The molecule has 9 heteroatoms. The van der Waals surface area contributed by atoms with Gasteiger partial charge in [-0.15, -0.1) is 0 Å². The Morgan fingerprint density at radius 2 is 1.47 bits per heavy atom. The van der Waals surface area contributed by atoms with E-state index in [1.807, 2.05) is 78.9 Å². The fourth-order valence-electron chi connectivity index (χ4n) is 5.97. The van der Waals surface area contributed by atoms with Crippen molar-refractivity contribution in [3.05, 3.63) is 160 Å². The van der Waals surface area contributed by atoms with Gasteiger partial charge in [-0.05, 0) is 52.1 Å². The van der Waals surface area contributed by atoms with E-state index in [0.29, 0.717) is 28.3 Å². The van der Waals surface area contributed by atoms with E-state index in [4.69, 9.17) is 9.47 Å². The van der Waals surface area contributed by atoms with Gasteiger partial charge in [0.15, 0.2) is 12.5 Å². The van der Waals surface area contributed by atoms with Crippen molar-refractivity contribution >= 4 is 23.6 Å². The Hall–Kier alpha value is -4.80. The quantitative estimate of drug-likeness (QED) is 0.0834. The van der Waals surface area contributed by atoms with Gasteiger partial charge in [0.05, 0.1) is 36.5 Å². The summed E-state index contributed by atoms with van der Waals surface area (Å²) in [5.41, 5.74) is 6.36. The predicted octanol–water partition coefficient (Wildman–Crippen LogP) is 6.61. The molecule has 236 valence electrons. The summed E-state index contributed by atoms with van der Waals surface area (Å²) in [4.78, 5) is 27.1. The molecule has 7 rings (SSSR count). The molecule has 3 atom stereocenters. The number of thioether (sulfide) groups is 1. The molecular weight excluding hydrogens is 612 g/mol. The van der Waals surface area contributed by atoms with Crippen molar-refractivity contribution in [2.75, 3.05) is 5.75 Å². The number of aliphatic hydroxyl groups is 1. The average Bonchev–Trinajstić information content (AvgIpc) is 3.36. The van der Waals surface area contributed by atoms with Crippen molar-refractivity contribution in [1.82, 2.24) is 4.90 Å². The van der Waals surface area contributed by atoms with Crippen LogP contribution in [-0.2, 0) is 22.6 Å². The fraction of sp³-hybridized carbons (Fsp3) is 0.184. The average molecular weight is 645 g/mol. The number of nitrogens with zero attached hydrogens (tertiary/aromatic N) is 2. The van der Waals surface area contributed by atoms with Crippen LogP contribution in [-0.4, -0.2) is 33.7 Å². The van der Waals surface area contributed by atoms with E-state index in [1.54, 1.807) is 36.4 Å². The number of imide groups is 1. The second kappa shape index (κ2) is 13.5. The van der Waals surface area contributed by atoms with Gasteiger partial charge >= 0.3 is 0 Å². The smallest absolute Gasteiger partial charge is 0.261 e. The van der Waals surface area contributed by atoms with Crippen LogP contribution in [0, 0.1) is 5.21 Å². The molecule has 1 saturated heterocycles. The van der Waals surface area contributed by atoms with E-state index in [9.17, 15) is 19.9 Å². The monoisotopic (exact) mass is 644 g/mol. The Kier molecular flexibility index (Phi) is 8.86. The highest BCUT2D eigenvalue weighted by Gasteiger charge is 2.35. The number of hydrogen-bond donors (Lipinski definition) is 1.